The topological polar surface area (TPSA) is 24.9 Å². The normalized spacial score (nSPS) is 12.0. The maximum atomic E-state index is 12.9. The van der Waals surface area contributed by atoms with Gasteiger partial charge < -0.3 is 5.32 Å². The van der Waals surface area contributed by atoms with Crippen LogP contribution in [0.1, 0.15) is 37.3 Å². The second-order valence-corrected chi connectivity index (χ2v) is 7.67. The molecule has 2 aromatic carbocycles. The first-order valence-corrected chi connectivity index (χ1v) is 9.91. The van der Waals surface area contributed by atoms with Crippen LogP contribution in [0.25, 0.3) is 10.8 Å². The molecule has 1 aromatic heterocycles. The standard InChI is InChI=1S/C22H24BrFN2.ClH/c1-16(4-2-3-5-17-6-8-21(24)9-7-17)26-15-20-12-18-10-11-25-14-19(18)13-22(20)23;/h6-14,16,26H,2-5,15H2,1H3;1H/t16-;/m1./s1. The average molecular weight is 452 g/mol. The number of benzene rings is 2. The van der Waals surface area contributed by atoms with Gasteiger partial charge in [0.15, 0.2) is 0 Å². The number of rotatable bonds is 8. The van der Waals surface area contributed by atoms with Crippen molar-refractivity contribution in [3.05, 3.63) is 76.3 Å². The van der Waals surface area contributed by atoms with E-state index in [1.54, 1.807) is 0 Å². The van der Waals surface area contributed by atoms with E-state index in [1.165, 1.54) is 28.6 Å². The predicted octanol–water partition coefficient (Wildman–Crippen LogP) is 6.45. The molecule has 0 bridgehead atoms. The lowest BCUT2D eigenvalue weighted by Gasteiger charge is -2.15. The minimum Gasteiger partial charge on any atom is -0.310 e. The van der Waals surface area contributed by atoms with Crippen molar-refractivity contribution in [2.75, 3.05) is 0 Å². The molecule has 1 heterocycles. The number of aryl methyl sites for hydroxylation is 1. The summed E-state index contributed by atoms with van der Waals surface area (Å²) >= 11 is 3.67. The van der Waals surface area contributed by atoms with Crippen molar-refractivity contribution < 1.29 is 4.39 Å². The molecule has 0 amide bonds. The zero-order valence-corrected chi connectivity index (χ0v) is 17.8. The van der Waals surface area contributed by atoms with Crippen molar-refractivity contribution in [1.82, 2.24) is 10.3 Å². The summed E-state index contributed by atoms with van der Waals surface area (Å²) in [4.78, 5) is 4.17. The third kappa shape index (κ3) is 6.56. The lowest BCUT2D eigenvalue weighted by Crippen LogP contribution is -2.25. The highest BCUT2D eigenvalue weighted by atomic mass is 79.9. The van der Waals surface area contributed by atoms with Gasteiger partial charge in [0.1, 0.15) is 5.82 Å². The third-order valence-corrected chi connectivity index (χ3v) is 5.45. The van der Waals surface area contributed by atoms with Crippen LogP contribution >= 0.6 is 28.3 Å². The number of aromatic nitrogens is 1. The van der Waals surface area contributed by atoms with Gasteiger partial charge in [-0.05, 0) is 73.0 Å². The first kappa shape index (κ1) is 21.8. The highest BCUT2D eigenvalue weighted by molar-refractivity contribution is 9.10. The number of nitrogens with zero attached hydrogens (tertiary/aromatic N) is 1. The van der Waals surface area contributed by atoms with Gasteiger partial charge in [0.25, 0.3) is 0 Å². The Kier molecular flexibility index (Phi) is 8.68. The third-order valence-electron chi connectivity index (χ3n) is 4.71. The van der Waals surface area contributed by atoms with Crippen molar-refractivity contribution in [1.29, 1.82) is 0 Å². The zero-order valence-electron chi connectivity index (χ0n) is 15.4. The minimum absolute atomic E-state index is 0. The molecule has 0 radical (unpaired) electrons. The maximum absolute atomic E-state index is 12.9. The molecule has 5 heteroatoms. The fraction of sp³-hybridized carbons (Fsp3) is 0.318. The summed E-state index contributed by atoms with van der Waals surface area (Å²) in [5.74, 6) is -0.164. The Morgan fingerprint density at radius 3 is 2.63 bits per heavy atom. The fourth-order valence-electron chi connectivity index (χ4n) is 3.11. The first-order chi connectivity index (χ1) is 12.6. The number of pyridine rings is 1. The lowest BCUT2D eigenvalue weighted by molar-refractivity contribution is 0.488. The number of nitrogens with one attached hydrogen (secondary N) is 1. The van der Waals surface area contributed by atoms with Crippen LogP contribution in [-0.4, -0.2) is 11.0 Å². The molecule has 27 heavy (non-hydrogen) atoms. The van der Waals surface area contributed by atoms with Gasteiger partial charge >= 0.3 is 0 Å². The van der Waals surface area contributed by atoms with E-state index in [4.69, 9.17) is 0 Å². The van der Waals surface area contributed by atoms with Crippen LogP contribution in [0.2, 0.25) is 0 Å². The summed E-state index contributed by atoms with van der Waals surface area (Å²) in [6.45, 7) is 3.08. The molecular weight excluding hydrogens is 427 g/mol. The Morgan fingerprint density at radius 2 is 1.85 bits per heavy atom. The molecule has 0 aliphatic rings. The maximum Gasteiger partial charge on any atom is 0.123 e. The van der Waals surface area contributed by atoms with Gasteiger partial charge in [-0.15, -0.1) is 12.4 Å². The van der Waals surface area contributed by atoms with E-state index in [1.807, 2.05) is 30.6 Å². The summed E-state index contributed by atoms with van der Waals surface area (Å²) in [5, 5.41) is 5.98. The number of hydrogen-bond acceptors (Lipinski definition) is 2. The van der Waals surface area contributed by atoms with Gasteiger partial charge in [0, 0.05) is 34.8 Å². The van der Waals surface area contributed by atoms with E-state index in [0.717, 1.165) is 42.1 Å². The summed E-state index contributed by atoms with van der Waals surface area (Å²) in [7, 11) is 0. The fourth-order valence-corrected chi connectivity index (χ4v) is 3.61. The quantitative estimate of drug-likeness (QED) is 0.398. The Hall–Kier alpha value is -1.49. The smallest absolute Gasteiger partial charge is 0.123 e. The summed E-state index contributed by atoms with van der Waals surface area (Å²) in [6, 6.07) is 13.7. The van der Waals surface area contributed by atoms with Crippen LogP contribution in [0.15, 0.2) is 59.3 Å². The minimum atomic E-state index is -0.164. The van der Waals surface area contributed by atoms with Gasteiger partial charge in [-0.3, -0.25) is 4.98 Å². The summed E-state index contributed by atoms with van der Waals surface area (Å²) in [5.41, 5.74) is 2.48. The van der Waals surface area contributed by atoms with Crippen molar-refractivity contribution in [2.45, 2.75) is 45.2 Å². The van der Waals surface area contributed by atoms with Crippen molar-refractivity contribution in [3.8, 4) is 0 Å². The molecule has 0 saturated carbocycles. The molecule has 1 atom stereocenters. The van der Waals surface area contributed by atoms with Crippen molar-refractivity contribution in [2.24, 2.45) is 0 Å². The van der Waals surface area contributed by atoms with Crippen LogP contribution in [0.4, 0.5) is 4.39 Å². The SMILES string of the molecule is C[C@H](CCCCc1ccc(F)cc1)NCc1cc2ccncc2cc1Br.Cl. The van der Waals surface area contributed by atoms with Gasteiger partial charge in [-0.2, -0.15) is 0 Å². The molecule has 3 rings (SSSR count). The molecule has 0 fully saturated rings. The number of halogens is 3. The van der Waals surface area contributed by atoms with Crippen LogP contribution in [-0.2, 0) is 13.0 Å². The molecule has 0 aliphatic heterocycles. The van der Waals surface area contributed by atoms with E-state index < -0.39 is 0 Å². The van der Waals surface area contributed by atoms with E-state index in [9.17, 15) is 4.39 Å². The second kappa shape index (κ2) is 10.7. The second-order valence-electron chi connectivity index (χ2n) is 6.82. The first-order valence-electron chi connectivity index (χ1n) is 9.12. The van der Waals surface area contributed by atoms with Gasteiger partial charge in [-0.1, -0.05) is 34.5 Å². The Labute approximate surface area is 175 Å². The molecular formula is C22H25BrClFN2. The average Bonchev–Trinajstić information content (AvgIpc) is 2.65. The number of fused-ring (bicyclic) bond motifs is 1. The van der Waals surface area contributed by atoms with Gasteiger partial charge in [0.05, 0.1) is 0 Å². The summed E-state index contributed by atoms with van der Waals surface area (Å²) < 4.78 is 14.0. The van der Waals surface area contributed by atoms with E-state index in [0.29, 0.717) is 6.04 Å². The Bertz CT molecular complexity index is 855. The van der Waals surface area contributed by atoms with Crippen LogP contribution in [0, 0.1) is 5.82 Å². The molecule has 1 N–H and O–H groups in total. The molecule has 3 aromatic rings. The molecule has 0 spiro atoms. The number of hydrogen-bond donors (Lipinski definition) is 1. The molecule has 0 saturated heterocycles. The molecule has 2 nitrogen and oxygen atoms in total. The molecule has 0 aliphatic carbocycles. The van der Waals surface area contributed by atoms with Crippen molar-refractivity contribution in [3.63, 3.8) is 0 Å². The van der Waals surface area contributed by atoms with Crippen molar-refractivity contribution >= 4 is 39.1 Å². The van der Waals surface area contributed by atoms with Gasteiger partial charge in [-0.25, -0.2) is 4.39 Å². The largest absolute Gasteiger partial charge is 0.310 e. The van der Waals surface area contributed by atoms with E-state index >= 15 is 0 Å². The Morgan fingerprint density at radius 1 is 1.07 bits per heavy atom. The Balaban J connectivity index is 0.00000261. The molecule has 0 unspecified atom stereocenters. The number of unbranched alkanes of at least 4 members (excludes halogenated alkanes) is 1. The predicted molar refractivity (Wildman–Crippen MR) is 117 cm³/mol. The summed E-state index contributed by atoms with van der Waals surface area (Å²) in [6.07, 6.45) is 8.16. The zero-order chi connectivity index (χ0) is 18.4. The van der Waals surface area contributed by atoms with E-state index in [-0.39, 0.29) is 18.2 Å². The molecule has 144 valence electrons. The van der Waals surface area contributed by atoms with Crippen LogP contribution < -0.4 is 5.32 Å². The highest BCUT2D eigenvalue weighted by Crippen LogP contribution is 2.24. The van der Waals surface area contributed by atoms with E-state index in [2.05, 4.69) is 45.3 Å². The highest BCUT2D eigenvalue weighted by Gasteiger charge is 2.06. The van der Waals surface area contributed by atoms with Gasteiger partial charge in [0.2, 0.25) is 0 Å². The monoisotopic (exact) mass is 450 g/mol. The van der Waals surface area contributed by atoms with Crippen LogP contribution in [0.5, 0.6) is 0 Å². The van der Waals surface area contributed by atoms with Crippen LogP contribution in [0.3, 0.4) is 0 Å². The lowest BCUT2D eigenvalue weighted by atomic mass is 10.0.